The monoisotopic (exact) mass is 198 g/mol. The molecule has 76 valence electrons. The fourth-order valence-electron chi connectivity index (χ4n) is 0.951. The second-order valence-electron chi connectivity index (χ2n) is 2.39. The summed E-state index contributed by atoms with van der Waals surface area (Å²) in [4.78, 5) is 24.4. The molecule has 0 aromatic carbocycles. The van der Waals surface area contributed by atoms with E-state index in [2.05, 4.69) is 16.1 Å². The zero-order valence-corrected chi connectivity index (χ0v) is 7.89. The Hall–Kier alpha value is -1.98. The summed E-state index contributed by atoms with van der Waals surface area (Å²) >= 11 is 0. The summed E-state index contributed by atoms with van der Waals surface area (Å²) in [5, 5.41) is 0. The molecule has 1 rings (SSSR count). The Morgan fingerprint density at radius 2 is 1.50 bits per heavy atom. The summed E-state index contributed by atoms with van der Waals surface area (Å²) in [7, 11) is 2.48. The highest BCUT2D eigenvalue weighted by atomic mass is 16.6. The minimum Gasteiger partial charge on any atom is -0.452 e. The Bertz CT molecular complexity index is 282. The van der Waals surface area contributed by atoms with Crippen molar-refractivity contribution in [3.63, 3.8) is 0 Å². The molecule has 6 heteroatoms. The van der Waals surface area contributed by atoms with Gasteiger partial charge in [0.25, 0.3) is 0 Å². The van der Waals surface area contributed by atoms with Crippen LogP contribution in [0.4, 0.5) is 9.59 Å². The number of methoxy groups -OCH3 is 2. The Morgan fingerprint density at radius 1 is 1.14 bits per heavy atom. The van der Waals surface area contributed by atoms with Crippen LogP contribution in [0.5, 0.6) is 0 Å². The zero-order chi connectivity index (χ0) is 10.7. The summed E-state index contributed by atoms with van der Waals surface area (Å²) in [5.74, 6) is 0.170. The molecule has 0 bridgehead atoms. The molecule has 0 saturated heterocycles. The number of carbonyl (C=O) groups is 2. The van der Waals surface area contributed by atoms with Crippen molar-refractivity contribution in [2.75, 3.05) is 14.2 Å². The van der Waals surface area contributed by atoms with E-state index in [1.807, 2.05) is 0 Å². The molecule has 0 saturated carbocycles. The molecule has 1 heterocycles. The second kappa shape index (κ2) is 3.82. The van der Waals surface area contributed by atoms with E-state index in [1.165, 1.54) is 26.6 Å². The van der Waals surface area contributed by atoms with Crippen LogP contribution in [0.3, 0.4) is 0 Å². The summed E-state index contributed by atoms with van der Waals surface area (Å²) in [6, 6.07) is 0. The Labute approximate surface area is 81.0 Å². The quantitative estimate of drug-likeness (QED) is 0.584. The van der Waals surface area contributed by atoms with Gasteiger partial charge in [0.2, 0.25) is 0 Å². The van der Waals surface area contributed by atoms with E-state index in [0.717, 1.165) is 9.80 Å². The molecule has 1 aliphatic rings. The maximum Gasteiger partial charge on any atom is 0.419 e. The van der Waals surface area contributed by atoms with Crippen molar-refractivity contribution in [1.29, 1.82) is 0 Å². The smallest absolute Gasteiger partial charge is 0.419 e. The lowest BCUT2D eigenvalue weighted by atomic mass is 10.6. The first kappa shape index (κ1) is 10.1. The zero-order valence-electron chi connectivity index (χ0n) is 7.89. The van der Waals surface area contributed by atoms with Crippen molar-refractivity contribution in [3.8, 4) is 0 Å². The minimum atomic E-state index is -0.613. The van der Waals surface area contributed by atoms with Gasteiger partial charge >= 0.3 is 12.2 Å². The van der Waals surface area contributed by atoms with Crippen LogP contribution in [0.1, 0.15) is 0 Å². The highest BCUT2D eigenvalue weighted by Crippen LogP contribution is 2.19. The molecule has 14 heavy (non-hydrogen) atoms. The van der Waals surface area contributed by atoms with Gasteiger partial charge in [0.1, 0.15) is 5.82 Å². The third kappa shape index (κ3) is 1.54. The second-order valence-corrected chi connectivity index (χ2v) is 2.39. The number of amides is 2. The predicted molar refractivity (Wildman–Crippen MR) is 46.8 cm³/mol. The van der Waals surface area contributed by atoms with E-state index in [1.54, 1.807) is 0 Å². The SMILES string of the molecule is C=C1N(C(=O)OC)C=CN1C(=O)OC. The van der Waals surface area contributed by atoms with Gasteiger partial charge in [0, 0.05) is 12.4 Å². The van der Waals surface area contributed by atoms with E-state index in [0.29, 0.717) is 0 Å². The largest absolute Gasteiger partial charge is 0.452 e. The molecule has 1 aliphatic heterocycles. The Morgan fingerprint density at radius 3 is 1.79 bits per heavy atom. The van der Waals surface area contributed by atoms with Crippen LogP contribution in [0.15, 0.2) is 24.8 Å². The van der Waals surface area contributed by atoms with Crippen molar-refractivity contribution >= 4 is 12.2 Å². The van der Waals surface area contributed by atoms with Crippen molar-refractivity contribution in [1.82, 2.24) is 9.80 Å². The number of hydrogen-bond donors (Lipinski definition) is 0. The molecule has 6 nitrogen and oxygen atoms in total. The third-order valence-corrected chi connectivity index (χ3v) is 1.66. The van der Waals surface area contributed by atoms with E-state index in [4.69, 9.17) is 0 Å². The number of ether oxygens (including phenoxy) is 2. The molecule has 0 spiro atoms. The molecule has 0 radical (unpaired) electrons. The summed E-state index contributed by atoms with van der Waals surface area (Å²) in [5.41, 5.74) is 0. The van der Waals surface area contributed by atoms with Crippen LogP contribution < -0.4 is 0 Å². The number of carbonyl (C=O) groups excluding carboxylic acids is 2. The topological polar surface area (TPSA) is 59.1 Å². The summed E-state index contributed by atoms with van der Waals surface area (Å²) in [6.07, 6.45) is 1.51. The summed E-state index contributed by atoms with van der Waals surface area (Å²) < 4.78 is 8.92. The van der Waals surface area contributed by atoms with Gasteiger partial charge in [0.15, 0.2) is 0 Å². The average molecular weight is 198 g/mol. The highest BCUT2D eigenvalue weighted by Gasteiger charge is 2.28. The van der Waals surface area contributed by atoms with E-state index < -0.39 is 12.2 Å². The lowest BCUT2D eigenvalue weighted by molar-refractivity contribution is 0.133. The lowest BCUT2D eigenvalue weighted by Gasteiger charge is -2.18. The standard InChI is InChI=1S/C8H10N2O4/c1-6-9(7(11)13-2)4-5-10(6)8(12)14-3/h4-5H,1H2,2-3H3. The van der Waals surface area contributed by atoms with Crippen LogP contribution in [-0.4, -0.2) is 36.2 Å². The van der Waals surface area contributed by atoms with Gasteiger partial charge < -0.3 is 9.47 Å². The molecular formula is C8H10N2O4. The van der Waals surface area contributed by atoms with Gasteiger partial charge in [-0.1, -0.05) is 6.58 Å². The lowest BCUT2D eigenvalue weighted by Crippen LogP contribution is -2.30. The average Bonchev–Trinajstić information content (AvgIpc) is 2.58. The van der Waals surface area contributed by atoms with Gasteiger partial charge in [0.05, 0.1) is 14.2 Å². The van der Waals surface area contributed by atoms with E-state index >= 15 is 0 Å². The van der Waals surface area contributed by atoms with Crippen LogP contribution in [0.2, 0.25) is 0 Å². The molecule has 0 unspecified atom stereocenters. The van der Waals surface area contributed by atoms with Gasteiger partial charge in [-0.15, -0.1) is 0 Å². The highest BCUT2D eigenvalue weighted by molar-refractivity contribution is 5.77. The van der Waals surface area contributed by atoms with E-state index in [9.17, 15) is 9.59 Å². The Kier molecular flexibility index (Phi) is 2.76. The van der Waals surface area contributed by atoms with Gasteiger partial charge in [-0.05, 0) is 0 Å². The van der Waals surface area contributed by atoms with Gasteiger partial charge in [-0.2, -0.15) is 0 Å². The maximum atomic E-state index is 11.1. The van der Waals surface area contributed by atoms with Crippen molar-refractivity contribution in [3.05, 3.63) is 24.8 Å². The molecule has 0 aliphatic carbocycles. The normalized spacial score (nSPS) is 14.6. The van der Waals surface area contributed by atoms with Crippen molar-refractivity contribution < 1.29 is 19.1 Å². The first-order valence-electron chi connectivity index (χ1n) is 3.73. The van der Waals surface area contributed by atoms with E-state index in [-0.39, 0.29) is 5.82 Å². The minimum absolute atomic E-state index is 0.170. The number of nitrogens with zero attached hydrogens (tertiary/aromatic N) is 2. The molecule has 0 N–H and O–H groups in total. The molecule has 0 aromatic heterocycles. The Balaban J connectivity index is 2.75. The molecular weight excluding hydrogens is 188 g/mol. The maximum absolute atomic E-state index is 11.1. The molecule has 2 amide bonds. The van der Waals surface area contributed by atoms with Crippen LogP contribution in [0, 0.1) is 0 Å². The number of rotatable bonds is 0. The third-order valence-electron chi connectivity index (χ3n) is 1.66. The van der Waals surface area contributed by atoms with Crippen LogP contribution in [0.25, 0.3) is 0 Å². The molecule has 0 atom stereocenters. The van der Waals surface area contributed by atoms with Gasteiger partial charge in [-0.3, -0.25) is 0 Å². The fraction of sp³-hybridized carbons (Fsp3) is 0.250. The van der Waals surface area contributed by atoms with Crippen molar-refractivity contribution in [2.24, 2.45) is 0 Å². The molecule has 0 fully saturated rings. The van der Waals surface area contributed by atoms with Crippen LogP contribution >= 0.6 is 0 Å². The fourth-order valence-corrected chi connectivity index (χ4v) is 0.951. The van der Waals surface area contributed by atoms with Gasteiger partial charge in [-0.25, -0.2) is 19.4 Å². The first-order chi connectivity index (χ1) is 6.61. The molecule has 0 aromatic rings. The first-order valence-corrected chi connectivity index (χ1v) is 3.73. The number of hydrogen-bond acceptors (Lipinski definition) is 4. The predicted octanol–water partition coefficient (Wildman–Crippen LogP) is 1.08. The summed E-state index contributed by atoms with van der Waals surface area (Å²) in [6.45, 7) is 3.54. The van der Waals surface area contributed by atoms with Crippen molar-refractivity contribution in [2.45, 2.75) is 0 Å². The van der Waals surface area contributed by atoms with Crippen LogP contribution in [-0.2, 0) is 9.47 Å².